The Morgan fingerprint density at radius 1 is 1.27 bits per heavy atom. The fraction of sp³-hybridized carbons (Fsp3) is 0.750. The molecule has 0 bridgehead atoms. The molecule has 60 valence electrons. The van der Waals surface area contributed by atoms with Crippen LogP contribution < -0.4 is 0 Å². The van der Waals surface area contributed by atoms with E-state index in [4.69, 9.17) is 0 Å². The minimum Gasteiger partial charge on any atom is -0.384 e. The molecule has 1 N–H and O–H groups in total. The molecule has 11 heavy (non-hydrogen) atoms. The van der Waals surface area contributed by atoms with Gasteiger partial charge >= 0.3 is 0 Å². The van der Waals surface area contributed by atoms with Crippen molar-refractivity contribution in [2.24, 2.45) is 17.3 Å². The fourth-order valence-electron chi connectivity index (χ4n) is 2.23. The highest BCUT2D eigenvalue weighted by Crippen LogP contribution is 2.63. The Kier molecular flexibility index (Phi) is 0.986. The summed E-state index contributed by atoms with van der Waals surface area (Å²) in [4.78, 5) is 21.9. The standard InChI is InChI=1S/C8H10O3/c1-8(2)3-4(8)6(10)7(11)5(3)9/h3-5,9H,1-2H3. The van der Waals surface area contributed by atoms with E-state index in [2.05, 4.69) is 0 Å². The molecule has 0 amide bonds. The van der Waals surface area contributed by atoms with Crippen molar-refractivity contribution in [3.05, 3.63) is 0 Å². The Morgan fingerprint density at radius 3 is 2.09 bits per heavy atom. The van der Waals surface area contributed by atoms with Gasteiger partial charge in [-0.1, -0.05) is 13.8 Å². The van der Waals surface area contributed by atoms with Gasteiger partial charge in [-0.05, 0) is 5.41 Å². The number of hydrogen-bond acceptors (Lipinski definition) is 3. The van der Waals surface area contributed by atoms with E-state index < -0.39 is 11.9 Å². The Labute approximate surface area is 64.4 Å². The van der Waals surface area contributed by atoms with Crippen LogP contribution in [0.5, 0.6) is 0 Å². The maximum absolute atomic E-state index is 11.1. The summed E-state index contributed by atoms with van der Waals surface area (Å²) in [7, 11) is 0. The van der Waals surface area contributed by atoms with Gasteiger partial charge in [0.1, 0.15) is 6.10 Å². The minimum atomic E-state index is -1.01. The average Bonchev–Trinajstić information content (AvgIpc) is 2.39. The van der Waals surface area contributed by atoms with E-state index in [0.29, 0.717) is 0 Å². The van der Waals surface area contributed by atoms with Gasteiger partial charge in [0.15, 0.2) is 0 Å². The average molecular weight is 154 g/mol. The summed E-state index contributed by atoms with van der Waals surface area (Å²) in [6.07, 6.45) is -1.01. The van der Waals surface area contributed by atoms with E-state index in [0.717, 1.165) is 0 Å². The van der Waals surface area contributed by atoms with Crippen molar-refractivity contribution in [1.29, 1.82) is 0 Å². The van der Waals surface area contributed by atoms with Gasteiger partial charge in [-0.25, -0.2) is 0 Å². The van der Waals surface area contributed by atoms with E-state index in [-0.39, 0.29) is 23.0 Å². The highest BCUT2D eigenvalue weighted by atomic mass is 16.3. The van der Waals surface area contributed by atoms with Crippen LogP contribution in [0.15, 0.2) is 0 Å². The van der Waals surface area contributed by atoms with E-state index in [1.165, 1.54) is 0 Å². The van der Waals surface area contributed by atoms with Crippen LogP contribution in [0.1, 0.15) is 13.8 Å². The maximum Gasteiger partial charge on any atom is 0.227 e. The molecule has 2 aliphatic carbocycles. The van der Waals surface area contributed by atoms with Gasteiger partial charge in [-0.3, -0.25) is 9.59 Å². The second kappa shape index (κ2) is 1.55. The zero-order valence-corrected chi connectivity index (χ0v) is 6.50. The molecule has 0 aromatic heterocycles. The number of aliphatic hydroxyl groups is 1. The molecule has 2 saturated carbocycles. The molecule has 0 aliphatic heterocycles. The lowest BCUT2D eigenvalue weighted by molar-refractivity contribution is -0.140. The van der Waals surface area contributed by atoms with Crippen molar-refractivity contribution < 1.29 is 14.7 Å². The molecule has 3 heteroatoms. The summed E-state index contributed by atoms with van der Waals surface area (Å²) in [5.41, 5.74) is -0.135. The first-order chi connectivity index (χ1) is 4.98. The summed E-state index contributed by atoms with van der Waals surface area (Å²) in [6.45, 7) is 3.83. The van der Waals surface area contributed by atoms with Crippen molar-refractivity contribution in [3.63, 3.8) is 0 Å². The summed E-state index contributed by atoms with van der Waals surface area (Å²) in [5.74, 6) is -1.24. The number of rotatable bonds is 0. The Hall–Kier alpha value is -0.700. The number of carbonyl (C=O) groups excluding carboxylic acids is 2. The molecule has 0 aromatic rings. The highest BCUT2D eigenvalue weighted by Gasteiger charge is 2.72. The number of aliphatic hydroxyl groups excluding tert-OH is 1. The molecule has 2 aliphatic rings. The molecule has 0 aromatic carbocycles. The van der Waals surface area contributed by atoms with Crippen LogP contribution in [0.3, 0.4) is 0 Å². The number of carbonyl (C=O) groups is 2. The van der Waals surface area contributed by atoms with Crippen molar-refractivity contribution in [3.8, 4) is 0 Å². The van der Waals surface area contributed by atoms with E-state index in [1.807, 2.05) is 13.8 Å². The monoisotopic (exact) mass is 154 g/mol. The number of ketones is 2. The second-order valence-electron chi connectivity index (χ2n) is 4.00. The number of Topliss-reactive ketones (excluding diaryl/α,β-unsaturated/α-hetero) is 2. The molecule has 3 nitrogen and oxygen atoms in total. The number of hydrogen-bond donors (Lipinski definition) is 1. The third-order valence-electron chi connectivity index (χ3n) is 3.04. The SMILES string of the molecule is CC1(C)C2C(=O)C(=O)C(O)C21. The zero-order chi connectivity index (χ0) is 8.39. The molecule has 0 heterocycles. The van der Waals surface area contributed by atoms with Crippen molar-refractivity contribution >= 4 is 11.6 Å². The third-order valence-corrected chi connectivity index (χ3v) is 3.04. The largest absolute Gasteiger partial charge is 0.384 e. The first-order valence-corrected chi connectivity index (χ1v) is 3.74. The van der Waals surface area contributed by atoms with Crippen LogP contribution >= 0.6 is 0 Å². The van der Waals surface area contributed by atoms with Gasteiger partial charge in [0.2, 0.25) is 11.6 Å². The lowest BCUT2D eigenvalue weighted by Gasteiger charge is -2.09. The molecule has 0 radical (unpaired) electrons. The smallest absolute Gasteiger partial charge is 0.227 e. The van der Waals surface area contributed by atoms with Crippen LogP contribution in [-0.2, 0) is 9.59 Å². The summed E-state index contributed by atoms with van der Waals surface area (Å²) >= 11 is 0. The topological polar surface area (TPSA) is 54.4 Å². The predicted molar refractivity (Wildman–Crippen MR) is 36.8 cm³/mol. The highest BCUT2D eigenvalue weighted by molar-refractivity contribution is 6.43. The zero-order valence-electron chi connectivity index (χ0n) is 6.50. The molecule has 3 atom stereocenters. The predicted octanol–water partition coefficient (Wildman–Crippen LogP) is -0.229. The van der Waals surface area contributed by atoms with Gasteiger partial charge in [-0.15, -0.1) is 0 Å². The summed E-state index contributed by atoms with van der Waals surface area (Å²) in [6, 6.07) is 0. The Bertz CT molecular complexity index is 254. The first-order valence-electron chi connectivity index (χ1n) is 3.74. The van der Waals surface area contributed by atoms with Crippen LogP contribution in [0.25, 0.3) is 0 Å². The van der Waals surface area contributed by atoms with Crippen molar-refractivity contribution in [1.82, 2.24) is 0 Å². The molecule has 0 spiro atoms. The third kappa shape index (κ3) is 0.577. The molecular weight excluding hydrogens is 144 g/mol. The van der Waals surface area contributed by atoms with E-state index in [1.54, 1.807) is 0 Å². The Morgan fingerprint density at radius 2 is 1.82 bits per heavy atom. The fourth-order valence-corrected chi connectivity index (χ4v) is 2.23. The van der Waals surface area contributed by atoms with Crippen LogP contribution in [0.2, 0.25) is 0 Å². The molecular formula is C8H10O3. The first kappa shape index (κ1) is 6.98. The number of fused-ring (bicyclic) bond motifs is 1. The van der Waals surface area contributed by atoms with Gasteiger partial charge in [-0.2, -0.15) is 0 Å². The van der Waals surface area contributed by atoms with Gasteiger partial charge < -0.3 is 5.11 Å². The van der Waals surface area contributed by atoms with E-state index >= 15 is 0 Å². The van der Waals surface area contributed by atoms with Crippen LogP contribution in [0.4, 0.5) is 0 Å². The second-order valence-corrected chi connectivity index (χ2v) is 4.00. The van der Waals surface area contributed by atoms with Crippen molar-refractivity contribution in [2.75, 3.05) is 0 Å². The summed E-state index contributed by atoms with van der Waals surface area (Å²) < 4.78 is 0. The normalized spacial score (nSPS) is 45.9. The van der Waals surface area contributed by atoms with Crippen molar-refractivity contribution in [2.45, 2.75) is 20.0 Å². The molecule has 0 saturated heterocycles. The Balaban J connectivity index is 2.34. The van der Waals surface area contributed by atoms with E-state index in [9.17, 15) is 14.7 Å². The molecule has 2 rings (SSSR count). The van der Waals surface area contributed by atoms with Crippen LogP contribution in [-0.4, -0.2) is 22.8 Å². The van der Waals surface area contributed by atoms with Gasteiger partial charge in [0.05, 0.1) is 0 Å². The maximum atomic E-state index is 11.1. The summed E-state index contributed by atoms with van der Waals surface area (Å²) in [5, 5.41) is 9.24. The molecule has 2 fully saturated rings. The minimum absolute atomic E-state index is 0.0949. The molecule has 3 unspecified atom stereocenters. The quantitative estimate of drug-likeness (QED) is 0.490. The van der Waals surface area contributed by atoms with Crippen LogP contribution in [0, 0.1) is 17.3 Å². The van der Waals surface area contributed by atoms with Gasteiger partial charge in [0.25, 0.3) is 0 Å². The van der Waals surface area contributed by atoms with Gasteiger partial charge in [0, 0.05) is 11.8 Å². The lowest BCUT2D eigenvalue weighted by Crippen LogP contribution is -2.28. The lowest BCUT2D eigenvalue weighted by atomic mass is 9.98.